The first-order valence-electron chi connectivity index (χ1n) is 5.37. The number of hydrogen-bond donors (Lipinski definition) is 1. The first-order valence-corrected chi connectivity index (χ1v) is 5.37. The molecule has 0 spiro atoms. The second-order valence-corrected chi connectivity index (χ2v) is 4.58. The molecule has 1 aliphatic rings. The third kappa shape index (κ3) is 2.04. The van der Waals surface area contributed by atoms with E-state index in [1.165, 1.54) is 22.3 Å². The number of carboxylic acid groups (broad SMARTS) is 1. The molecule has 80 valence electrons. The Labute approximate surface area is 89.9 Å². The predicted molar refractivity (Wildman–Crippen MR) is 59.1 cm³/mol. The Morgan fingerprint density at radius 3 is 2.13 bits per heavy atom. The lowest BCUT2D eigenvalue weighted by Crippen LogP contribution is -2.07. The van der Waals surface area contributed by atoms with Crippen LogP contribution in [-0.4, -0.2) is 11.1 Å². The summed E-state index contributed by atoms with van der Waals surface area (Å²) in [5, 5.41) is 8.76. The largest absolute Gasteiger partial charge is 0.481 e. The van der Waals surface area contributed by atoms with Crippen LogP contribution in [0.4, 0.5) is 0 Å². The van der Waals surface area contributed by atoms with E-state index in [0.29, 0.717) is 12.3 Å². The molecule has 0 bridgehead atoms. The minimum atomic E-state index is -0.679. The summed E-state index contributed by atoms with van der Waals surface area (Å²) >= 11 is 0. The molecular weight excluding hydrogens is 188 g/mol. The highest BCUT2D eigenvalue weighted by atomic mass is 16.4. The van der Waals surface area contributed by atoms with Crippen molar-refractivity contribution in [3.05, 3.63) is 34.4 Å². The Balaban J connectivity index is 2.20. The highest BCUT2D eigenvalue weighted by Crippen LogP contribution is 2.30. The van der Waals surface area contributed by atoms with Gasteiger partial charge in [-0.05, 0) is 54.9 Å². The molecule has 1 aromatic carbocycles. The van der Waals surface area contributed by atoms with Crippen molar-refractivity contribution in [3.63, 3.8) is 0 Å². The lowest BCUT2D eigenvalue weighted by Gasteiger charge is -2.03. The van der Waals surface area contributed by atoms with Crippen LogP contribution in [0.1, 0.15) is 28.7 Å². The molecule has 0 heterocycles. The second kappa shape index (κ2) is 3.69. The van der Waals surface area contributed by atoms with Crippen LogP contribution in [0.25, 0.3) is 0 Å². The van der Waals surface area contributed by atoms with Gasteiger partial charge in [0.25, 0.3) is 0 Å². The molecule has 1 aliphatic carbocycles. The van der Waals surface area contributed by atoms with Crippen molar-refractivity contribution < 1.29 is 9.90 Å². The molecule has 0 unspecified atom stereocenters. The molecule has 2 rings (SSSR count). The van der Waals surface area contributed by atoms with Crippen LogP contribution in [-0.2, 0) is 17.6 Å². The number of aryl methyl sites for hydroxylation is 2. The minimum Gasteiger partial charge on any atom is -0.481 e. The van der Waals surface area contributed by atoms with E-state index in [-0.39, 0.29) is 0 Å². The third-order valence-corrected chi connectivity index (χ3v) is 3.30. The predicted octanol–water partition coefficient (Wildman–Crippen LogP) is 2.49. The van der Waals surface area contributed by atoms with Gasteiger partial charge in [0.05, 0.1) is 0 Å². The van der Waals surface area contributed by atoms with Crippen LogP contribution in [0.5, 0.6) is 0 Å². The van der Waals surface area contributed by atoms with Crippen LogP contribution < -0.4 is 0 Å². The van der Waals surface area contributed by atoms with E-state index >= 15 is 0 Å². The van der Waals surface area contributed by atoms with E-state index in [9.17, 15) is 4.79 Å². The first kappa shape index (κ1) is 10.2. The molecule has 1 N–H and O–H groups in total. The summed E-state index contributed by atoms with van der Waals surface area (Å²) in [5.41, 5.74) is 5.32. The smallest absolute Gasteiger partial charge is 0.303 e. The molecule has 0 aliphatic heterocycles. The first-order chi connectivity index (χ1) is 7.06. The standard InChI is InChI=1S/C13H16O2/c1-8-3-11-5-10(7-13(14)15)6-12(11)4-9(8)2/h3-4,10H,5-7H2,1-2H3,(H,14,15). The third-order valence-electron chi connectivity index (χ3n) is 3.30. The Hall–Kier alpha value is -1.31. The molecule has 0 atom stereocenters. The van der Waals surface area contributed by atoms with E-state index in [2.05, 4.69) is 26.0 Å². The molecule has 2 nitrogen and oxygen atoms in total. The van der Waals surface area contributed by atoms with Gasteiger partial charge in [-0.2, -0.15) is 0 Å². The molecule has 15 heavy (non-hydrogen) atoms. The number of fused-ring (bicyclic) bond motifs is 1. The molecule has 2 heteroatoms. The maximum Gasteiger partial charge on any atom is 0.303 e. The fourth-order valence-electron chi connectivity index (χ4n) is 2.40. The Morgan fingerprint density at radius 1 is 1.27 bits per heavy atom. The summed E-state index contributed by atoms with van der Waals surface area (Å²) in [7, 11) is 0. The number of hydrogen-bond acceptors (Lipinski definition) is 1. The van der Waals surface area contributed by atoms with E-state index < -0.39 is 5.97 Å². The van der Waals surface area contributed by atoms with Crippen molar-refractivity contribution in [2.45, 2.75) is 33.1 Å². The Kier molecular flexibility index (Phi) is 2.51. The maximum absolute atomic E-state index is 10.6. The fraction of sp³-hybridized carbons (Fsp3) is 0.462. The van der Waals surface area contributed by atoms with Gasteiger partial charge in [0.15, 0.2) is 0 Å². The summed E-state index contributed by atoms with van der Waals surface area (Å²) in [4.78, 5) is 10.6. The van der Waals surface area contributed by atoms with Gasteiger partial charge < -0.3 is 5.11 Å². The highest BCUT2D eigenvalue weighted by molar-refractivity contribution is 5.67. The van der Waals surface area contributed by atoms with Gasteiger partial charge in [-0.1, -0.05) is 12.1 Å². The van der Waals surface area contributed by atoms with E-state index in [1.807, 2.05) is 0 Å². The Morgan fingerprint density at radius 2 is 1.73 bits per heavy atom. The van der Waals surface area contributed by atoms with Crippen LogP contribution >= 0.6 is 0 Å². The molecule has 0 saturated heterocycles. The highest BCUT2D eigenvalue weighted by Gasteiger charge is 2.23. The fourth-order valence-corrected chi connectivity index (χ4v) is 2.40. The molecule has 0 saturated carbocycles. The quantitative estimate of drug-likeness (QED) is 0.803. The van der Waals surface area contributed by atoms with E-state index in [0.717, 1.165) is 12.8 Å². The normalized spacial score (nSPS) is 15.3. The van der Waals surface area contributed by atoms with Crippen molar-refractivity contribution in [1.29, 1.82) is 0 Å². The molecule has 0 amide bonds. The average molecular weight is 204 g/mol. The number of carboxylic acids is 1. The van der Waals surface area contributed by atoms with Gasteiger partial charge in [0.2, 0.25) is 0 Å². The maximum atomic E-state index is 10.6. The van der Waals surface area contributed by atoms with Crippen LogP contribution in [0.2, 0.25) is 0 Å². The molecule has 0 radical (unpaired) electrons. The van der Waals surface area contributed by atoms with Gasteiger partial charge in [-0.25, -0.2) is 0 Å². The van der Waals surface area contributed by atoms with Gasteiger partial charge >= 0.3 is 5.97 Å². The van der Waals surface area contributed by atoms with Crippen LogP contribution in [0.3, 0.4) is 0 Å². The molecule has 0 aromatic heterocycles. The van der Waals surface area contributed by atoms with Gasteiger partial charge in [0.1, 0.15) is 0 Å². The summed E-state index contributed by atoms with van der Waals surface area (Å²) in [6, 6.07) is 4.43. The van der Waals surface area contributed by atoms with Gasteiger partial charge in [-0.3, -0.25) is 4.79 Å². The average Bonchev–Trinajstić information content (AvgIpc) is 2.46. The summed E-state index contributed by atoms with van der Waals surface area (Å²) in [5.74, 6) is -0.375. The lowest BCUT2D eigenvalue weighted by molar-refractivity contribution is -0.138. The van der Waals surface area contributed by atoms with Crippen LogP contribution in [0.15, 0.2) is 12.1 Å². The van der Waals surface area contributed by atoms with Gasteiger partial charge in [0, 0.05) is 6.42 Å². The van der Waals surface area contributed by atoms with Gasteiger partial charge in [-0.15, -0.1) is 0 Å². The monoisotopic (exact) mass is 204 g/mol. The number of aliphatic carboxylic acids is 1. The van der Waals surface area contributed by atoms with Crippen molar-refractivity contribution in [2.24, 2.45) is 5.92 Å². The van der Waals surface area contributed by atoms with Crippen molar-refractivity contribution in [2.75, 3.05) is 0 Å². The summed E-state index contributed by atoms with van der Waals surface area (Å²) < 4.78 is 0. The molecular formula is C13H16O2. The zero-order valence-electron chi connectivity index (χ0n) is 9.21. The zero-order valence-corrected chi connectivity index (χ0v) is 9.21. The van der Waals surface area contributed by atoms with E-state index in [4.69, 9.17) is 5.11 Å². The lowest BCUT2D eigenvalue weighted by atomic mass is 10.0. The Bertz CT molecular complexity index is 376. The topological polar surface area (TPSA) is 37.3 Å². The van der Waals surface area contributed by atoms with Crippen molar-refractivity contribution in [3.8, 4) is 0 Å². The van der Waals surface area contributed by atoms with E-state index in [1.54, 1.807) is 0 Å². The minimum absolute atomic E-state index is 0.298. The SMILES string of the molecule is Cc1cc2c(cc1C)CC(CC(=O)O)C2. The summed E-state index contributed by atoms with van der Waals surface area (Å²) in [6.07, 6.45) is 2.16. The molecule has 1 aromatic rings. The number of carbonyl (C=O) groups is 1. The second-order valence-electron chi connectivity index (χ2n) is 4.58. The number of rotatable bonds is 2. The van der Waals surface area contributed by atoms with Crippen LogP contribution in [0, 0.1) is 19.8 Å². The number of benzene rings is 1. The molecule has 0 fully saturated rings. The summed E-state index contributed by atoms with van der Waals surface area (Å²) in [6.45, 7) is 4.22. The zero-order chi connectivity index (χ0) is 11.0. The van der Waals surface area contributed by atoms with Crippen molar-refractivity contribution >= 4 is 5.97 Å². The van der Waals surface area contributed by atoms with Crippen molar-refractivity contribution in [1.82, 2.24) is 0 Å².